The van der Waals surface area contributed by atoms with Gasteiger partial charge in [0, 0.05) is 68.2 Å². The van der Waals surface area contributed by atoms with Crippen LogP contribution in [0.1, 0.15) is 11.1 Å². The number of hydrogen-bond donors (Lipinski definition) is 0. The molecule has 0 amide bonds. The average molecular weight is 798 g/mol. The van der Waals surface area contributed by atoms with Crippen LogP contribution < -0.4 is 0 Å². The molecule has 0 aliphatic rings. The third kappa shape index (κ3) is 4.60. The molecule has 0 aliphatic heterocycles. The van der Waals surface area contributed by atoms with Gasteiger partial charge >= 0.3 is 6.18 Å². The van der Waals surface area contributed by atoms with Crippen molar-refractivity contribution in [2.45, 2.75) is 13.1 Å². The van der Waals surface area contributed by atoms with Crippen LogP contribution in [0, 0.1) is 13.5 Å². The molecule has 0 radical (unpaired) electrons. The molecule has 4 aromatic heterocycles. The number of rotatable bonds is 3. The maximum absolute atomic E-state index is 15.3. The Balaban J connectivity index is 1.34. The Kier molecular flexibility index (Phi) is 7.15. The molecular weight excluding hydrogens is 764 g/mol. The van der Waals surface area contributed by atoms with E-state index in [-0.39, 0.29) is 11.3 Å². The zero-order valence-corrected chi connectivity index (χ0v) is 33.3. The lowest BCUT2D eigenvalue weighted by atomic mass is 9.92. The van der Waals surface area contributed by atoms with Crippen molar-refractivity contribution < 1.29 is 13.2 Å². The van der Waals surface area contributed by atoms with Gasteiger partial charge in [-0.15, -0.1) is 0 Å². The van der Waals surface area contributed by atoms with Crippen molar-refractivity contribution in [3.8, 4) is 22.5 Å². The van der Waals surface area contributed by atoms with Gasteiger partial charge in [0.15, 0.2) is 0 Å². The zero-order valence-electron chi connectivity index (χ0n) is 33.3. The summed E-state index contributed by atoms with van der Waals surface area (Å²) < 4.78 is 54.5. The molecule has 4 heterocycles. The van der Waals surface area contributed by atoms with Gasteiger partial charge in [-0.3, -0.25) is 0 Å². The molecule has 0 unspecified atom stereocenters. The number of para-hydroxylation sites is 4. The highest BCUT2D eigenvalue weighted by Crippen LogP contribution is 2.51. The molecule has 0 N–H and O–H groups in total. The Morgan fingerprint density at radius 3 is 1.41 bits per heavy atom. The molecule has 8 heteroatoms. The number of benzene rings is 8. The van der Waals surface area contributed by atoms with Gasteiger partial charge in [0.25, 0.3) is 0 Å². The van der Waals surface area contributed by atoms with Crippen LogP contribution in [0.15, 0.2) is 152 Å². The molecule has 61 heavy (non-hydrogen) atoms. The Morgan fingerprint density at radius 1 is 0.459 bits per heavy atom. The second-order valence-corrected chi connectivity index (χ2v) is 16.0. The second kappa shape index (κ2) is 12.4. The van der Waals surface area contributed by atoms with Crippen molar-refractivity contribution in [1.82, 2.24) is 18.3 Å². The van der Waals surface area contributed by atoms with Gasteiger partial charge in [0.1, 0.15) is 0 Å². The fourth-order valence-electron chi connectivity index (χ4n) is 10.5. The first-order valence-corrected chi connectivity index (χ1v) is 20.2. The molecule has 12 rings (SSSR count). The summed E-state index contributed by atoms with van der Waals surface area (Å²) in [6.45, 7) is 10.9. The minimum Gasteiger partial charge on any atom is -0.342 e. The molecule has 12 aromatic rings. The number of nitrogens with zero attached hydrogens (tertiary/aromatic N) is 5. The largest absolute Gasteiger partial charge is 0.417 e. The fraction of sp³-hybridized carbons (Fsp3) is 0.0755. The molecule has 0 fully saturated rings. The monoisotopic (exact) mass is 797 g/mol. The van der Waals surface area contributed by atoms with Gasteiger partial charge in [0.2, 0.25) is 5.69 Å². The summed E-state index contributed by atoms with van der Waals surface area (Å²) in [4.78, 5) is 4.42. The normalized spacial score (nSPS) is 12.4. The molecule has 5 nitrogen and oxygen atoms in total. The summed E-state index contributed by atoms with van der Waals surface area (Å²) in [7, 11) is 4.11. The number of fused-ring (bicyclic) bond motifs is 14. The first-order chi connectivity index (χ1) is 29.7. The van der Waals surface area contributed by atoms with E-state index in [0.29, 0.717) is 22.5 Å². The topological polar surface area (TPSA) is 24.1 Å². The van der Waals surface area contributed by atoms with Gasteiger partial charge in [-0.05, 0) is 60.0 Å². The van der Waals surface area contributed by atoms with Crippen LogP contribution in [-0.4, -0.2) is 18.3 Å². The fourth-order valence-corrected chi connectivity index (χ4v) is 10.5. The molecule has 0 atom stereocenters. The van der Waals surface area contributed by atoms with E-state index in [9.17, 15) is 6.57 Å². The number of aryl methyl sites for hydroxylation is 3. The minimum atomic E-state index is -4.66. The highest BCUT2D eigenvalue weighted by atomic mass is 19.4. The summed E-state index contributed by atoms with van der Waals surface area (Å²) in [5.41, 5.74) is 8.77. The predicted octanol–water partition coefficient (Wildman–Crippen LogP) is 14.7. The van der Waals surface area contributed by atoms with E-state index in [1.165, 1.54) is 6.07 Å². The Hall–Kier alpha value is -7.76. The van der Waals surface area contributed by atoms with Crippen molar-refractivity contribution in [3.05, 3.63) is 174 Å². The van der Waals surface area contributed by atoms with E-state index in [1.807, 2.05) is 67.7 Å². The molecule has 0 aliphatic carbocycles. The minimum absolute atomic E-state index is 0.0508. The summed E-state index contributed by atoms with van der Waals surface area (Å²) in [6, 6.07) is 49.3. The van der Waals surface area contributed by atoms with E-state index >= 15 is 13.2 Å². The van der Waals surface area contributed by atoms with Gasteiger partial charge in [0.05, 0.1) is 56.6 Å². The lowest BCUT2D eigenvalue weighted by Gasteiger charge is -2.23. The van der Waals surface area contributed by atoms with Crippen molar-refractivity contribution in [1.29, 1.82) is 0 Å². The second-order valence-electron chi connectivity index (χ2n) is 16.0. The van der Waals surface area contributed by atoms with Crippen molar-refractivity contribution in [2.24, 2.45) is 14.1 Å². The maximum atomic E-state index is 15.3. The van der Waals surface area contributed by atoms with E-state index < -0.39 is 11.7 Å². The SMILES string of the molecule is [C-]#[N+]c1c(-n2c3ccccc3c3ccc4c5ccccc5n(C)c4c32)ccc(-c2c(C)cccc2C(F)(F)F)c1-n1c2ccccc2c2ccc3c4ccccc4n(C)c3c21. The summed E-state index contributed by atoms with van der Waals surface area (Å²) in [6.07, 6.45) is -4.66. The lowest BCUT2D eigenvalue weighted by Crippen LogP contribution is -2.10. The van der Waals surface area contributed by atoms with Gasteiger partial charge in [-0.2, -0.15) is 13.2 Å². The Bertz CT molecular complexity index is 3920. The Morgan fingerprint density at radius 2 is 0.902 bits per heavy atom. The predicted molar refractivity (Wildman–Crippen MR) is 245 cm³/mol. The molecule has 0 saturated carbocycles. The van der Waals surface area contributed by atoms with Crippen LogP contribution in [-0.2, 0) is 20.3 Å². The number of aromatic nitrogens is 4. The molecular formula is C53H34F3N5. The molecule has 0 saturated heterocycles. The van der Waals surface area contributed by atoms with Crippen molar-refractivity contribution >= 4 is 92.9 Å². The number of hydrogen-bond acceptors (Lipinski definition) is 0. The van der Waals surface area contributed by atoms with Crippen LogP contribution in [0.25, 0.3) is 115 Å². The first-order valence-electron chi connectivity index (χ1n) is 20.2. The van der Waals surface area contributed by atoms with E-state index in [4.69, 9.17) is 0 Å². The number of halogens is 3. The highest BCUT2D eigenvalue weighted by molar-refractivity contribution is 6.25. The third-order valence-electron chi connectivity index (χ3n) is 13.0. The summed E-state index contributed by atoms with van der Waals surface area (Å²) in [5.74, 6) is 0. The smallest absolute Gasteiger partial charge is 0.342 e. The van der Waals surface area contributed by atoms with Crippen LogP contribution in [0.2, 0.25) is 0 Å². The van der Waals surface area contributed by atoms with Crippen molar-refractivity contribution in [2.75, 3.05) is 0 Å². The van der Waals surface area contributed by atoms with Crippen LogP contribution in [0.4, 0.5) is 18.9 Å². The van der Waals surface area contributed by atoms with Crippen LogP contribution >= 0.6 is 0 Å². The highest BCUT2D eigenvalue weighted by Gasteiger charge is 2.36. The van der Waals surface area contributed by atoms with Crippen LogP contribution in [0.3, 0.4) is 0 Å². The molecule has 0 spiro atoms. The average Bonchev–Trinajstić information content (AvgIpc) is 3.98. The van der Waals surface area contributed by atoms with Crippen molar-refractivity contribution in [3.63, 3.8) is 0 Å². The Labute approximate surface area is 347 Å². The van der Waals surface area contributed by atoms with Crippen LogP contribution in [0.5, 0.6) is 0 Å². The summed E-state index contributed by atoms with van der Waals surface area (Å²) >= 11 is 0. The zero-order chi connectivity index (χ0) is 41.5. The van der Waals surface area contributed by atoms with Gasteiger partial charge < -0.3 is 18.3 Å². The third-order valence-corrected chi connectivity index (χ3v) is 13.0. The molecule has 292 valence electrons. The molecule has 0 bridgehead atoms. The first kappa shape index (κ1) is 35.2. The number of alkyl halides is 3. The van der Waals surface area contributed by atoms with E-state index in [0.717, 1.165) is 93.3 Å². The quantitative estimate of drug-likeness (QED) is 0.159. The van der Waals surface area contributed by atoms with E-state index in [2.05, 4.69) is 96.9 Å². The summed E-state index contributed by atoms with van der Waals surface area (Å²) in [5, 5.41) is 8.18. The molecule has 8 aromatic carbocycles. The lowest BCUT2D eigenvalue weighted by molar-refractivity contribution is -0.137. The van der Waals surface area contributed by atoms with Gasteiger partial charge in [-0.1, -0.05) is 115 Å². The van der Waals surface area contributed by atoms with E-state index in [1.54, 1.807) is 19.1 Å². The van der Waals surface area contributed by atoms with Gasteiger partial charge in [-0.25, -0.2) is 4.85 Å². The standard InChI is InChI=1S/C53H34F3N5/c1-30-14-13-19-40(53(54,55)56)46(30)39-28-29-45(60-43-22-11-7-17-33(43)37-26-24-35-31-15-5-9-20-41(31)58(3)49(35)51(37)60)47(57-2)48(39)61-44-23-12-8-18-34(44)38-27-25-36-32-16-6-10-21-42(32)59(4)50(36)52(38)61/h5-29H,1,3-4H3. The maximum Gasteiger partial charge on any atom is 0.417 e.